The fourth-order valence-corrected chi connectivity index (χ4v) is 9.22. The maximum absolute atomic E-state index is 7.78. The Bertz CT molecular complexity index is 4020. The summed E-state index contributed by atoms with van der Waals surface area (Å²) in [4.78, 5) is 23.9. The van der Waals surface area contributed by atoms with Gasteiger partial charge in [-0.25, -0.2) is 19.8 Å². The second kappa shape index (κ2) is 14.0. The van der Waals surface area contributed by atoms with Gasteiger partial charge in [-0.05, 0) is 116 Å². The number of hydrogen-bond donors (Lipinski definition) is 0. The Kier molecular flexibility index (Phi) is 7.83. The maximum Gasteiger partial charge on any atom is 0.188 e. The highest BCUT2D eigenvalue weighted by Gasteiger charge is 2.18. The van der Waals surface area contributed by atoms with Crippen LogP contribution in [0.3, 0.4) is 0 Å². The number of pyridine rings is 1. The number of hydrogen-bond acceptors (Lipinski definition) is 5. The number of fused-ring (bicyclic) bond motifs is 9. The van der Waals surface area contributed by atoms with Crippen LogP contribution in [0.2, 0.25) is 0 Å². The molecule has 296 valence electrons. The summed E-state index contributed by atoms with van der Waals surface area (Å²) in [5.74, 6) is 1.67. The highest BCUT2D eigenvalue weighted by Crippen LogP contribution is 2.39. The Morgan fingerprint density at radius 3 is 1.58 bits per heavy atom. The van der Waals surface area contributed by atoms with E-state index in [4.69, 9.17) is 30.9 Å². The SMILES string of the molecule is [C-]#[N+]c1ccc2c(c1)c1cc(-c3ccc4c(c3)oc3cc(-c5nc(-c6ccc7ccccc7c6)nc(-c6ccc7ccccc7c6)n5)cnc34)ccc1n2-c1ccc2ccccc2c1. The number of nitrogens with zero attached hydrogens (tertiary/aromatic N) is 6. The van der Waals surface area contributed by atoms with Gasteiger partial charge in [0.25, 0.3) is 0 Å². The van der Waals surface area contributed by atoms with E-state index in [-0.39, 0.29) is 0 Å². The van der Waals surface area contributed by atoms with E-state index in [0.29, 0.717) is 28.7 Å². The molecule has 0 unspecified atom stereocenters. The predicted molar refractivity (Wildman–Crippen MR) is 260 cm³/mol. The standard InChI is InChI=1S/C57H32N6O/c1-58-45-21-25-51-49(32-45)48-29-40(20-24-50(48)63(51)46-22-18-36-10-4-7-13-39(36)28-46)41-19-23-47-52(30-41)64-53-31-44(33-59-54(47)53)57-61-55(42-16-14-34-8-2-5-11-37(34)26-42)60-56(62-57)43-17-15-35-9-3-6-12-38(35)27-43/h2-33H. The molecule has 0 saturated carbocycles. The molecular weight excluding hydrogens is 785 g/mol. The normalized spacial score (nSPS) is 11.7. The molecule has 0 bridgehead atoms. The molecule has 0 spiro atoms. The van der Waals surface area contributed by atoms with Crippen LogP contribution in [0.15, 0.2) is 199 Å². The number of rotatable bonds is 5. The first kappa shape index (κ1) is 35.7. The van der Waals surface area contributed by atoms with Crippen LogP contribution in [-0.2, 0) is 0 Å². The van der Waals surface area contributed by atoms with Crippen LogP contribution in [0.4, 0.5) is 5.69 Å². The third kappa shape index (κ3) is 5.82. The van der Waals surface area contributed by atoms with Crippen molar-refractivity contribution in [3.63, 3.8) is 0 Å². The van der Waals surface area contributed by atoms with Crippen molar-refractivity contribution in [2.75, 3.05) is 0 Å². The molecule has 13 rings (SSSR count). The van der Waals surface area contributed by atoms with Crippen molar-refractivity contribution in [1.29, 1.82) is 0 Å². The van der Waals surface area contributed by atoms with Crippen molar-refractivity contribution >= 4 is 81.9 Å². The van der Waals surface area contributed by atoms with Crippen LogP contribution >= 0.6 is 0 Å². The fourth-order valence-electron chi connectivity index (χ4n) is 9.22. The van der Waals surface area contributed by atoms with E-state index >= 15 is 0 Å². The Balaban J connectivity index is 0.917. The molecule has 0 amide bonds. The third-order valence-electron chi connectivity index (χ3n) is 12.4. The zero-order valence-corrected chi connectivity index (χ0v) is 34.1. The van der Waals surface area contributed by atoms with E-state index in [2.05, 4.69) is 155 Å². The summed E-state index contributed by atoms with van der Waals surface area (Å²) in [5, 5.41) is 9.93. The maximum atomic E-state index is 7.78. The monoisotopic (exact) mass is 816 g/mol. The average molecular weight is 817 g/mol. The molecular formula is C57H32N6O. The lowest BCUT2D eigenvalue weighted by molar-refractivity contribution is 0.668. The quantitative estimate of drug-likeness (QED) is 0.162. The summed E-state index contributed by atoms with van der Waals surface area (Å²) in [6, 6.07) is 65.0. The van der Waals surface area contributed by atoms with Crippen molar-refractivity contribution in [3.8, 4) is 51.0 Å². The van der Waals surface area contributed by atoms with E-state index in [1.54, 1.807) is 0 Å². The highest BCUT2D eigenvalue weighted by molar-refractivity contribution is 6.12. The van der Waals surface area contributed by atoms with Crippen LogP contribution in [0.1, 0.15) is 0 Å². The van der Waals surface area contributed by atoms with Gasteiger partial charge in [0, 0.05) is 39.3 Å². The predicted octanol–water partition coefficient (Wildman–Crippen LogP) is 14.9. The lowest BCUT2D eigenvalue weighted by Crippen LogP contribution is -2.00. The first-order valence-corrected chi connectivity index (χ1v) is 21.1. The second-order valence-corrected chi connectivity index (χ2v) is 16.2. The zero-order valence-electron chi connectivity index (χ0n) is 34.1. The molecule has 7 nitrogen and oxygen atoms in total. The number of benzene rings is 9. The van der Waals surface area contributed by atoms with Crippen molar-refractivity contribution in [2.45, 2.75) is 0 Å². The fraction of sp³-hybridized carbons (Fsp3) is 0. The summed E-state index contributed by atoms with van der Waals surface area (Å²) in [7, 11) is 0. The van der Waals surface area contributed by atoms with Gasteiger partial charge in [-0.15, -0.1) is 0 Å². The van der Waals surface area contributed by atoms with Gasteiger partial charge in [0.1, 0.15) is 11.1 Å². The lowest BCUT2D eigenvalue weighted by atomic mass is 10.0. The lowest BCUT2D eigenvalue weighted by Gasteiger charge is -2.10. The summed E-state index contributed by atoms with van der Waals surface area (Å²) in [5.41, 5.74) is 10.5. The zero-order chi connectivity index (χ0) is 42.3. The van der Waals surface area contributed by atoms with E-state index in [9.17, 15) is 0 Å². The Hall–Kier alpha value is -8.99. The molecule has 0 saturated heterocycles. The largest absolute Gasteiger partial charge is 0.454 e. The molecule has 64 heavy (non-hydrogen) atoms. The minimum atomic E-state index is 0.509. The molecule has 0 fully saturated rings. The van der Waals surface area contributed by atoms with Crippen molar-refractivity contribution in [3.05, 3.63) is 206 Å². The van der Waals surface area contributed by atoms with Crippen molar-refractivity contribution < 1.29 is 4.42 Å². The Morgan fingerprint density at radius 2 is 0.922 bits per heavy atom. The van der Waals surface area contributed by atoms with Gasteiger partial charge in [-0.3, -0.25) is 4.98 Å². The first-order chi connectivity index (χ1) is 31.6. The smallest absolute Gasteiger partial charge is 0.188 e. The van der Waals surface area contributed by atoms with Gasteiger partial charge in [0.2, 0.25) is 0 Å². The number of furan rings is 1. The van der Waals surface area contributed by atoms with Gasteiger partial charge >= 0.3 is 0 Å². The third-order valence-corrected chi connectivity index (χ3v) is 12.4. The molecule has 4 aromatic heterocycles. The molecule has 0 aliphatic heterocycles. The van der Waals surface area contributed by atoms with Gasteiger partial charge in [0.15, 0.2) is 28.7 Å². The first-order valence-electron chi connectivity index (χ1n) is 21.1. The minimum absolute atomic E-state index is 0.509. The van der Waals surface area contributed by atoms with E-state index in [1.807, 2.05) is 48.7 Å². The Labute approximate surface area is 366 Å². The molecule has 0 radical (unpaired) electrons. The minimum Gasteiger partial charge on any atom is -0.454 e. The molecule has 0 aliphatic rings. The van der Waals surface area contributed by atoms with Crippen LogP contribution < -0.4 is 0 Å². The van der Waals surface area contributed by atoms with Crippen molar-refractivity contribution in [2.24, 2.45) is 0 Å². The van der Waals surface area contributed by atoms with Crippen LogP contribution in [0.25, 0.3) is 132 Å². The molecule has 0 atom stereocenters. The molecule has 0 N–H and O–H groups in total. The topological polar surface area (TPSA) is 74.0 Å². The van der Waals surface area contributed by atoms with Crippen LogP contribution in [-0.4, -0.2) is 24.5 Å². The second-order valence-electron chi connectivity index (χ2n) is 16.2. The number of aromatic nitrogens is 5. The highest BCUT2D eigenvalue weighted by atomic mass is 16.3. The summed E-state index contributed by atoms with van der Waals surface area (Å²) in [6.45, 7) is 7.78. The van der Waals surface area contributed by atoms with Gasteiger partial charge in [-0.1, -0.05) is 121 Å². The molecule has 4 heterocycles. The molecule has 9 aromatic carbocycles. The van der Waals surface area contributed by atoms with Gasteiger partial charge in [-0.2, -0.15) is 0 Å². The van der Waals surface area contributed by atoms with Crippen molar-refractivity contribution in [1.82, 2.24) is 24.5 Å². The van der Waals surface area contributed by atoms with Gasteiger partial charge in [0.05, 0.1) is 17.6 Å². The van der Waals surface area contributed by atoms with E-state index in [0.717, 1.165) is 93.3 Å². The summed E-state index contributed by atoms with van der Waals surface area (Å²) >= 11 is 0. The van der Waals surface area contributed by atoms with Gasteiger partial charge < -0.3 is 8.98 Å². The van der Waals surface area contributed by atoms with Crippen LogP contribution in [0.5, 0.6) is 0 Å². The van der Waals surface area contributed by atoms with E-state index < -0.39 is 0 Å². The summed E-state index contributed by atoms with van der Waals surface area (Å²) < 4.78 is 8.91. The Morgan fingerprint density at radius 1 is 0.406 bits per heavy atom. The molecule has 13 aromatic rings. The molecule has 0 aliphatic carbocycles. The summed E-state index contributed by atoms with van der Waals surface area (Å²) in [6.07, 6.45) is 1.82. The van der Waals surface area contributed by atoms with Crippen LogP contribution in [0, 0.1) is 6.57 Å². The average Bonchev–Trinajstić information content (AvgIpc) is 3.89. The molecule has 7 heteroatoms. The van der Waals surface area contributed by atoms with E-state index in [1.165, 1.54) is 10.8 Å².